The van der Waals surface area contributed by atoms with Gasteiger partial charge in [0.1, 0.15) is 0 Å². The molecule has 2 aromatic rings. The van der Waals surface area contributed by atoms with Crippen molar-refractivity contribution in [3.8, 4) is 0 Å². The SMILES string of the molecule is C[Si](C)(C)C1CCC([Si](C)(C)C)C1.Cc1ccc([Si](C)(C)C)[nH]1.Cc1ccc([Si](C)(C)C)[nH]1.[Ba+2].[Ba+2].[CH3-].[CH3-].[I-].[I-]. The number of aromatic amines is 2. The average molecular weight is 1080 g/mol. The van der Waals surface area contributed by atoms with E-state index in [9.17, 15) is 0 Å². The first-order valence-electron chi connectivity index (χ1n) is 13.0. The van der Waals surface area contributed by atoms with Crippen LogP contribution in [0.1, 0.15) is 30.7 Å². The summed E-state index contributed by atoms with van der Waals surface area (Å²) in [6.07, 6.45) is 4.67. The van der Waals surface area contributed by atoms with E-state index in [1.807, 2.05) is 0 Å². The summed E-state index contributed by atoms with van der Waals surface area (Å²) in [6.45, 7) is 33.6. The van der Waals surface area contributed by atoms with Crippen molar-refractivity contribution >= 4 is 141 Å². The number of aromatic nitrogens is 2. The minimum Gasteiger partial charge on any atom is -1.00 e. The minimum absolute atomic E-state index is 0. The molecule has 1 aliphatic carbocycles. The molecule has 222 valence electrons. The van der Waals surface area contributed by atoms with Crippen molar-refractivity contribution in [2.75, 3.05) is 0 Å². The molecule has 0 bridgehead atoms. The quantitative estimate of drug-likeness (QED) is 0.269. The van der Waals surface area contributed by atoms with Gasteiger partial charge >= 0.3 is 97.8 Å². The van der Waals surface area contributed by atoms with Crippen molar-refractivity contribution in [2.24, 2.45) is 0 Å². The minimum atomic E-state index is -1.07. The van der Waals surface area contributed by atoms with Crippen LogP contribution < -0.4 is 58.6 Å². The Morgan fingerprint density at radius 3 is 0.897 bits per heavy atom. The molecule has 2 aromatic heterocycles. The van der Waals surface area contributed by atoms with Gasteiger partial charge < -0.3 is 72.8 Å². The van der Waals surface area contributed by atoms with E-state index in [1.54, 1.807) is 19.3 Å². The fourth-order valence-corrected chi connectivity index (χ4v) is 11.0. The van der Waals surface area contributed by atoms with Crippen LogP contribution in [0.4, 0.5) is 0 Å². The molecule has 1 aliphatic rings. The molecule has 39 heavy (non-hydrogen) atoms. The normalized spacial score (nSPS) is 16.5. The van der Waals surface area contributed by atoms with E-state index in [0.717, 1.165) is 11.1 Å². The van der Waals surface area contributed by atoms with Gasteiger partial charge in [-0.15, -0.1) is 0 Å². The smallest absolute Gasteiger partial charge is 1.00 e. The van der Waals surface area contributed by atoms with Gasteiger partial charge in [0.25, 0.3) is 0 Å². The van der Waals surface area contributed by atoms with Crippen LogP contribution in [-0.2, 0) is 0 Å². The predicted molar refractivity (Wildman–Crippen MR) is 189 cm³/mol. The molecular formula is C29H62Ba2I2N2Si4. The van der Waals surface area contributed by atoms with Gasteiger partial charge in [-0.2, -0.15) is 0 Å². The van der Waals surface area contributed by atoms with Crippen molar-refractivity contribution in [2.45, 2.75) is 123 Å². The third-order valence-electron chi connectivity index (χ3n) is 7.16. The first-order chi connectivity index (χ1) is 14.7. The Morgan fingerprint density at radius 1 is 0.538 bits per heavy atom. The third kappa shape index (κ3) is 22.2. The summed E-state index contributed by atoms with van der Waals surface area (Å²) in [5.41, 5.74) is 4.81. The molecule has 2 heterocycles. The van der Waals surface area contributed by atoms with Gasteiger partial charge in [-0.05, 0) is 59.8 Å². The van der Waals surface area contributed by atoms with Crippen LogP contribution in [0.2, 0.25) is 89.6 Å². The second kappa shape index (κ2) is 23.4. The number of H-pyrrole nitrogens is 2. The summed E-state index contributed by atoms with van der Waals surface area (Å²) in [7, 11) is -3.78. The van der Waals surface area contributed by atoms with Crippen molar-refractivity contribution in [1.82, 2.24) is 9.97 Å². The number of hydrogen-bond donors (Lipinski definition) is 2. The monoisotopic (exact) mass is 1080 g/mol. The Labute approximate surface area is 365 Å². The number of aryl methyl sites for hydroxylation is 2. The van der Waals surface area contributed by atoms with E-state index in [-0.39, 0.29) is 161 Å². The van der Waals surface area contributed by atoms with Crippen molar-refractivity contribution in [1.29, 1.82) is 0 Å². The van der Waals surface area contributed by atoms with E-state index < -0.39 is 32.3 Å². The summed E-state index contributed by atoms with van der Waals surface area (Å²) in [6, 6.07) is 8.71. The largest absolute Gasteiger partial charge is 2.00 e. The summed E-state index contributed by atoms with van der Waals surface area (Å²) in [5.74, 6) is 0. The molecule has 0 aromatic carbocycles. The molecule has 0 saturated heterocycles. The molecule has 10 heteroatoms. The molecule has 2 nitrogen and oxygen atoms in total. The molecule has 2 N–H and O–H groups in total. The summed E-state index contributed by atoms with van der Waals surface area (Å²) in [4.78, 5) is 6.76. The Hall–Kier alpha value is 4.03. The van der Waals surface area contributed by atoms with Crippen molar-refractivity contribution in [3.63, 3.8) is 0 Å². The number of rotatable bonds is 4. The topological polar surface area (TPSA) is 31.6 Å². The number of nitrogens with one attached hydrogen (secondary N) is 2. The molecule has 3 rings (SSSR count). The Kier molecular flexibility index (Phi) is 33.2. The second-order valence-electron chi connectivity index (χ2n) is 14.5. The molecular weight excluding hydrogens is 1020 g/mol. The maximum atomic E-state index is 3.38. The van der Waals surface area contributed by atoms with Gasteiger partial charge in [-0.25, -0.2) is 0 Å². The first kappa shape index (κ1) is 55.4. The van der Waals surface area contributed by atoms with E-state index in [0.29, 0.717) is 0 Å². The first-order valence-corrected chi connectivity index (χ1v) is 27.2. The van der Waals surface area contributed by atoms with Crippen LogP contribution in [0.15, 0.2) is 24.3 Å². The van der Waals surface area contributed by atoms with Crippen LogP contribution >= 0.6 is 0 Å². The zero-order valence-corrected chi connectivity index (χ0v) is 46.0. The summed E-state index contributed by atoms with van der Waals surface area (Å²) in [5, 5.41) is 2.90. The molecule has 2 unspecified atom stereocenters. The van der Waals surface area contributed by atoms with E-state index in [4.69, 9.17) is 0 Å². The van der Waals surface area contributed by atoms with Crippen molar-refractivity contribution in [3.05, 3.63) is 50.5 Å². The summed E-state index contributed by atoms with van der Waals surface area (Å²) < 4.78 is 0. The van der Waals surface area contributed by atoms with Crippen LogP contribution in [0.25, 0.3) is 0 Å². The molecule has 0 spiro atoms. The summed E-state index contributed by atoms with van der Waals surface area (Å²) >= 11 is 0. The van der Waals surface area contributed by atoms with Gasteiger partial charge in [0.05, 0.1) is 16.1 Å². The third-order valence-corrected chi connectivity index (χ3v) is 16.9. The molecule has 1 saturated carbocycles. The van der Waals surface area contributed by atoms with Gasteiger partial charge in [0.15, 0.2) is 0 Å². The maximum absolute atomic E-state index is 3.38. The Bertz CT molecular complexity index is 792. The predicted octanol–water partition coefficient (Wildman–Crippen LogP) is 2.47. The van der Waals surface area contributed by atoms with E-state index >= 15 is 0 Å². The molecule has 1 fully saturated rings. The van der Waals surface area contributed by atoms with E-state index in [1.165, 1.54) is 22.0 Å². The van der Waals surface area contributed by atoms with Crippen LogP contribution in [0, 0.1) is 28.7 Å². The van der Waals surface area contributed by atoms with Gasteiger partial charge in [-0.3, -0.25) is 0 Å². The zero-order valence-electron chi connectivity index (χ0n) is 28.8. The van der Waals surface area contributed by atoms with Gasteiger partial charge in [-0.1, -0.05) is 97.8 Å². The van der Waals surface area contributed by atoms with Crippen LogP contribution in [0.5, 0.6) is 0 Å². The Balaban J connectivity index is -0.0000000981. The Morgan fingerprint density at radius 2 is 0.795 bits per heavy atom. The van der Waals surface area contributed by atoms with Crippen LogP contribution in [0.3, 0.4) is 0 Å². The second-order valence-corrected chi connectivity index (χ2v) is 35.7. The van der Waals surface area contributed by atoms with Gasteiger partial charge in [0.2, 0.25) is 0 Å². The molecule has 0 amide bonds. The maximum Gasteiger partial charge on any atom is 2.00 e. The molecule has 0 aliphatic heterocycles. The van der Waals surface area contributed by atoms with Gasteiger partial charge in [0, 0.05) is 27.5 Å². The van der Waals surface area contributed by atoms with Crippen LogP contribution in [-0.4, -0.2) is 140 Å². The molecule has 2 atom stereocenters. The van der Waals surface area contributed by atoms with Crippen molar-refractivity contribution < 1.29 is 48.0 Å². The zero-order chi connectivity index (χ0) is 25.8. The molecule has 0 radical (unpaired) electrons. The standard InChI is InChI=1S/C11H26Si2.2C8H15NSi.2CH3.2Ba.2HI/c1-12(2,3)10-7-8-11(9-10)13(4,5)6;2*1-7-5-6-8(9-7)10(2,3)4;;;;;;/h10-11H,7-9H2,1-6H3;2*5-6,9H,1-4H3;2*1H3;;;2*1H/q;;;2*-1;2*+2;;/p-2. The number of hydrogen-bond acceptors (Lipinski definition) is 0. The fraction of sp³-hybridized carbons (Fsp3) is 0.655. The van der Waals surface area contributed by atoms with E-state index in [2.05, 4.69) is 127 Å². The number of halogens is 2. The fourth-order valence-electron chi connectivity index (χ4n) is 4.44. The average Bonchev–Trinajstić information content (AvgIpc) is 3.32.